The van der Waals surface area contributed by atoms with Crippen LogP contribution < -0.4 is 0 Å². The van der Waals surface area contributed by atoms with Gasteiger partial charge in [-0.1, -0.05) is 35.9 Å². The Bertz CT molecular complexity index is 435. The first kappa shape index (κ1) is 12.8. The lowest BCUT2D eigenvalue weighted by Gasteiger charge is -2.35. The molecular weight excluding hydrogens is 226 g/mol. The van der Waals surface area contributed by atoms with E-state index in [1.54, 1.807) is 6.08 Å². The summed E-state index contributed by atoms with van der Waals surface area (Å²) in [5.41, 5.74) is 2.16. The molecule has 0 bridgehead atoms. The fraction of sp³-hybridized carbons (Fsp3) is 0.400. The third kappa shape index (κ3) is 2.99. The second kappa shape index (κ2) is 5.83. The average Bonchev–Trinajstić information content (AvgIpc) is 2.39. The molecule has 0 saturated carbocycles. The molecule has 1 fully saturated rings. The number of morpholine rings is 1. The predicted octanol–water partition coefficient (Wildman–Crippen LogP) is 2.55. The van der Waals surface area contributed by atoms with Crippen LogP contribution in [0.2, 0.25) is 0 Å². The van der Waals surface area contributed by atoms with Gasteiger partial charge in [0.15, 0.2) is 0 Å². The van der Waals surface area contributed by atoms with Crippen LogP contribution in [0.15, 0.2) is 42.0 Å². The third-order valence-corrected chi connectivity index (χ3v) is 3.01. The monoisotopic (exact) mass is 245 g/mol. The molecule has 1 aliphatic heterocycles. The van der Waals surface area contributed by atoms with Crippen LogP contribution >= 0.6 is 0 Å². The maximum absolute atomic E-state index is 12.2. The number of rotatable bonds is 2. The van der Waals surface area contributed by atoms with Crippen LogP contribution in [0.4, 0.5) is 0 Å². The lowest BCUT2D eigenvalue weighted by Crippen LogP contribution is -2.42. The lowest BCUT2D eigenvalue weighted by molar-refractivity contribution is -0.134. The van der Waals surface area contributed by atoms with Crippen LogP contribution in [-0.4, -0.2) is 30.6 Å². The Labute approximate surface area is 108 Å². The molecule has 1 amide bonds. The van der Waals surface area contributed by atoms with E-state index in [0.29, 0.717) is 19.8 Å². The summed E-state index contributed by atoms with van der Waals surface area (Å²) in [5, 5.41) is 0. The van der Waals surface area contributed by atoms with Gasteiger partial charge in [-0.2, -0.15) is 0 Å². The molecule has 2 rings (SSSR count). The van der Waals surface area contributed by atoms with Crippen molar-refractivity contribution in [1.29, 1.82) is 0 Å². The normalized spacial score (nSPS) is 19.4. The van der Waals surface area contributed by atoms with E-state index >= 15 is 0 Å². The number of carbonyl (C=O) groups excluding carboxylic acids is 1. The van der Waals surface area contributed by atoms with Gasteiger partial charge in [-0.25, -0.2) is 0 Å². The minimum absolute atomic E-state index is 0.0306. The van der Waals surface area contributed by atoms with Crippen molar-refractivity contribution in [2.45, 2.75) is 19.9 Å². The minimum Gasteiger partial charge on any atom is -0.377 e. The zero-order valence-electron chi connectivity index (χ0n) is 10.9. The van der Waals surface area contributed by atoms with Crippen LogP contribution in [0, 0.1) is 0 Å². The fourth-order valence-electron chi connectivity index (χ4n) is 2.15. The van der Waals surface area contributed by atoms with Gasteiger partial charge in [0.25, 0.3) is 0 Å². The maximum atomic E-state index is 12.2. The second-order valence-electron chi connectivity index (χ2n) is 4.75. The Kier molecular flexibility index (Phi) is 4.15. The van der Waals surface area contributed by atoms with Crippen LogP contribution in [0.25, 0.3) is 0 Å². The molecule has 1 heterocycles. The highest BCUT2D eigenvalue weighted by Crippen LogP contribution is 2.24. The molecule has 1 aromatic rings. The topological polar surface area (TPSA) is 29.5 Å². The highest BCUT2D eigenvalue weighted by Gasteiger charge is 2.27. The smallest absolute Gasteiger partial charge is 0.247 e. The highest BCUT2D eigenvalue weighted by molar-refractivity contribution is 5.88. The van der Waals surface area contributed by atoms with E-state index in [1.165, 1.54) is 0 Å². The zero-order chi connectivity index (χ0) is 13.0. The van der Waals surface area contributed by atoms with Crippen molar-refractivity contribution in [3.8, 4) is 0 Å². The number of ether oxygens (including phenoxy) is 1. The minimum atomic E-state index is 0.0306. The van der Waals surface area contributed by atoms with Crippen molar-refractivity contribution in [3.05, 3.63) is 47.5 Å². The van der Waals surface area contributed by atoms with Gasteiger partial charge in [-0.3, -0.25) is 4.79 Å². The number of carbonyl (C=O) groups is 1. The molecule has 3 heteroatoms. The number of amides is 1. The van der Waals surface area contributed by atoms with Gasteiger partial charge in [0.05, 0.1) is 19.3 Å². The third-order valence-electron chi connectivity index (χ3n) is 3.01. The molecule has 0 unspecified atom stereocenters. The van der Waals surface area contributed by atoms with Crippen LogP contribution in [0.5, 0.6) is 0 Å². The van der Waals surface area contributed by atoms with E-state index in [0.717, 1.165) is 11.1 Å². The van der Waals surface area contributed by atoms with Crippen molar-refractivity contribution in [3.63, 3.8) is 0 Å². The van der Waals surface area contributed by atoms with Crippen molar-refractivity contribution < 1.29 is 9.53 Å². The number of nitrogens with zero attached hydrogens (tertiary/aromatic N) is 1. The van der Waals surface area contributed by atoms with E-state index in [-0.39, 0.29) is 11.9 Å². The van der Waals surface area contributed by atoms with Gasteiger partial charge >= 0.3 is 0 Å². The first-order valence-electron chi connectivity index (χ1n) is 6.26. The lowest BCUT2D eigenvalue weighted by atomic mass is 10.0. The number of allylic oxidation sites excluding steroid dienone is 1. The molecule has 3 nitrogen and oxygen atoms in total. The summed E-state index contributed by atoms with van der Waals surface area (Å²) < 4.78 is 5.51. The summed E-state index contributed by atoms with van der Waals surface area (Å²) >= 11 is 0. The SMILES string of the molecule is CC(C)=CC(=O)N1CCOC[C@@H]1c1ccccc1. The zero-order valence-corrected chi connectivity index (χ0v) is 10.9. The molecular formula is C15H19NO2. The summed E-state index contributed by atoms with van der Waals surface area (Å²) in [4.78, 5) is 14.1. The number of hydrogen-bond donors (Lipinski definition) is 0. The van der Waals surface area contributed by atoms with E-state index in [9.17, 15) is 4.79 Å². The van der Waals surface area contributed by atoms with Crippen molar-refractivity contribution in [1.82, 2.24) is 4.90 Å². The Morgan fingerprint density at radius 2 is 2.06 bits per heavy atom. The Hall–Kier alpha value is -1.61. The molecule has 18 heavy (non-hydrogen) atoms. The van der Waals surface area contributed by atoms with Gasteiger partial charge in [0.1, 0.15) is 0 Å². The largest absolute Gasteiger partial charge is 0.377 e. The molecule has 1 atom stereocenters. The Balaban J connectivity index is 2.21. The summed E-state index contributed by atoms with van der Waals surface area (Å²) in [6, 6.07) is 10.1. The van der Waals surface area contributed by atoms with Crippen molar-refractivity contribution in [2.75, 3.05) is 19.8 Å². The number of hydrogen-bond acceptors (Lipinski definition) is 2. The van der Waals surface area contributed by atoms with Crippen LogP contribution in [0.1, 0.15) is 25.5 Å². The van der Waals surface area contributed by atoms with Gasteiger partial charge in [-0.15, -0.1) is 0 Å². The van der Waals surface area contributed by atoms with E-state index in [2.05, 4.69) is 0 Å². The number of benzene rings is 1. The van der Waals surface area contributed by atoms with Gasteiger partial charge in [-0.05, 0) is 19.4 Å². The predicted molar refractivity (Wildman–Crippen MR) is 71.1 cm³/mol. The highest BCUT2D eigenvalue weighted by atomic mass is 16.5. The van der Waals surface area contributed by atoms with Crippen LogP contribution in [0.3, 0.4) is 0 Å². The molecule has 0 aromatic heterocycles. The summed E-state index contributed by atoms with van der Waals surface area (Å²) in [6.07, 6.45) is 1.70. The average molecular weight is 245 g/mol. The van der Waals surface area contributed by atoms with Crippen LogP contribution in [-0.2, 0) is 9.53 Å². The van der Waals surface area contributed by atoms with E-state index in [1.807, 2.05) is 49.1 Å². The quantitative estimate of drug-likeness (QED) is 0.749. The molecule has 0 radical (unpaired) electrons. The van der Waals surface area contributed by atoms with Crippen molar-refractivity contribution >= 4 is 5.91 Å². The van der Waals surface area contributed by atoms with Gasteiger partial charge in [0, 0.05) is 12.6 Å². The van der Waals surface area contributed by atoms with Gasteiger partial charge < -0.3 is 9.64 Å². The molecule has 1 saturated heterocycles. The molecule has 96 valence electrons. The summed E-state index contributed by atoms with van der Waals surface area (Å²) in [7, 11) is 0. The molecule has 0 spiro atoms. The molecule has 0 aliphatic carbocycles. The first-order valence-corrected chi connectivity index (χ1v) is 6.26. The van der Waals surface area contributed by atoms with E-state index in [4.69, 9.17) is 4.74 Å². The maximum Gasteiger partial charge on any atom is 0.247 e. The summed E-state index contributed by atoms with van der Waals surface area (Å²) in [6.45, 7) is 5.73. The Morgan fingerprint density at radius 1 is 1.33 bits per heavy atom. The Morgan fingerprint density at radius 3 is 2.72 bits per heavy atom. The van der Waals surface area contributed by atoms with Crippen molar-refractivity contribution in [2.24, 2.45) is 0 Å². The molecule has 1 aliphatic rings. The van der Waals surface area contributed by atoms with E-state index < -0.39 is 0 Å². The first-order chi connectivity index (χ1) is 8.68. The molecule has 0 N–H and O–H groups in total. The fourth-order valence-corrected chi connectivity index (χ4v) is 2.15. The van der Waals surface area contributed by atoms with Gasteiger partial charge in [0.2, 0.25) is 5.91 Å². The second-order valence-corrected chi connectivity index (χ2v) is 4.75. The summed E-state index contributed by atoms with van der Waals surface area (Å²) in [5.74, 6) is 0.0761. The molecule has 1 aromatic carbocycles. The standard InChI is InChI=1S/C15H19NO2/c1-12(2)10-15(17)16-8-9-18-11-14(16)13-6-4-3-5-7-13/h3-7,10,14H,8-9,11H2,1-2H3/t14-/m1/s1.